The van der Waals surface area contributed by atoms with Gasteiger partial charge in [-0.05, 0) is 29.8 Å². The number of fused-ring (bicyclic) bond motifs is 1. The van der Waals surface area contributed by atoms with Crippen molar-refractivity contribution in [1.82, 2.24) is 0 Å². The summed E-state index contributed by atoms with van der Waals surface area (Å²) in [6, 6.07) is 11.6. The average molecular weight is 242 g/mol. The molecule has 0 aromatic heterocycles. The Balaban J connectivity index is 2.44. The van der Waals surface area contributed by atoms with Gasteiger partial charge in [0.15, 0.2) is 0 Å². The molecule has 0 saturated heterocycles. The van der Waals surface area contributed by atoms with Gasteiger partial charge in [-0.25, -0.2) is 0 Å². The topological polar surface area (TPSA) is 63.4 Å². The number of rotatable bonds is 1. The fourth-order valence-corrected chi connectivity index (χ4v) is 1.84. The Kier molecular flexibility index (Phi) is 3.02. The number of anilines is 1. The number of primary amides is 1. The van der Waals surface area contributed by atoms with Gasteiger partial charge in [0.2, 0.25) is 0 Å². The maximum Gasteiger partial charge on any atom is 0.315 e. The maximum atomic E-state index is 11.5. The van der Waals surface area contributed by atoms with E-state index in [9.17, 15) is 9.59 Å². The second-order valence-electron chi connectivity index (χ2n) is 4.26. The molecule has 0 unspecified atom stereocenters. The van der Waals surface area contributed by atoms with Crippen molar-refractivity contribution in [1.29, 1.82) is 0 Å². The van der Waals surface area contributed by atoms with E-state index in [4.69, 9.17) is 5.73 Å². The predicted molar refractivity (Wildman–Crippen MR) is 71.3 cm³/mol. The zero-order valence-corrected chi connectivity index (χ0v) is 10.3. The van der Waals surface area contributed by atoms with E-state index in [-0.39, 0.29) is 0 Å². The van der Waals surface area contributed by atoms with Gasteiger partial charge in [-0.15, -0.1) is 0 Å². The molecule has 2 aromatic carbocycles. The second kappa shape index (κ2) is 4.49. The van der Waals surface area contributed by atoms with Crippen LogP contribution in [0.1, 0.15) is 5.56 Å². The van der Waals surface area contributed by atoms with E-state index in [2.05, 4.69) is 6.07 Å². The maximum absolute atomic E-state index is 11.5. The summed E-state index contributed by atoms with van der Waals surface area (Å²) in [5, 5.41) is 2.11. The van der Waals surface area contributed by atoms with Crippen molar-refractivity contribution in [2.24, 2.45) is 5.73 Å². The molecule has 0 saturated carbocycles. The third-order valence-corrected chi connectivity index (χ3v) is 2.88. The van der Waals surface area contributed by atoms with Crippen LogP contribution in [0.5, 0.6) is 0 Å². The third kappa shape index (κ3) is 2.18. The summed E-state index contributed by atoms with van der Waals surface area (Å²) in [5.41, 5.74) is 6.80. The van der Waals surface area contributed by atoms with E-state index in [1.807, 2.05) is 31.2 Å². The number of nitrogens with two attached hydrogens (primary N) is 1. The van der Waals surface area contributed by atoms with E-state index < -0.39 is 11.8 Å². The lowest BCUT2D eigenvalue weighted by molar-refractivity contribution is -0.135. The molecular weight excluding hydrogens is 228 g/mol. The third-order valence-electron chi connectivity index (χ3n) is 2.88. The zero-order chi connectivity index (χ0) is 13.3. The Morgan fingerprint density at radius 2 is 1.67 bits per heavy atom. The minimum absolute atomic E-state index is 0.648. The molecule has 2 N–H and O–H groups in total. The first-order valence-electron chi connectivity index (χ1n) is 5.57. The van der Waals surface area contributed by atoms with Crippen LogP contribution in [0.15, 0.2) is 36.4 Å². The fourth-order valence-electron chi connectivity index (χ4n) is 1.84. The summed E-state index contributed by atoms with van der Waals surface area (Å²) in [6.45, 7) is 2.02. The normalized spacial score (nSPS) is 10.3. The van der Waals surface area contributed by atoms with Gasteiger partial charge >= 0.3 is 11.8 Å². The Morgan fingerprint density at radius 1 is 1.06 bits per heavy atom. The van der Waals surface area contributed by atoms with Crippen molar-refractivity contribution in [3.05, 3.63) is 42.0 Å². The van der Waals surface area contributed by atoms with Gasteiger partial charge in [0, 0.05) is 12.7 Å². The van der Waals surface area contributed by atoms with Crippen LogP contribution in [-0.4, -0.2) is 18.9 Å². The van der Waals surface area contributed by atoms with Gasteiger partial charge < -0.3 is 10.6 Å². The molecule has 2 rings (SSSR count). The van der Waals surface area contributed by atoms with Crippen molar-refractivity contribution < 1.29 is 9.59 Å². The average Bonchev–Trinajstić information content (AvgIpc) is 2.36. The minimum Gasteiger partial charge on any atom is -0.361 e. The van der Waals surface area contributed by atoms with Crippen molar-refractivity contribution in [2.45, 2.75) is 6.92 Å². The van der Waals surface area contributed by atoms with Crippen LogP contribution >= 0.6 is 0 Å². The lowest BCUT2D eigenvalue weighted by Gasteiger charge is -2.15. The first kappa shape index (κ1) is 12.1. The molecule has 18 heavy (non-hydrogen) atoms. The lowest BCUT2D eigenvalue weighted by Crippen LogP contribution is -2.37. The van der Waals surface area contributed by atoms with Gasteiger partial charge in [0.25, 0.3) is 0 Å². The molecule has 92 valence electrons. The largest absolute Gasteiger partial charge is 0.361 e. The van der Waals surface area contributed by atoms with E-state index in [0.29, 0.717) is 5.69 Å². The molecule has 0 aliphatic rings. The monoisotopic (exact) mass is 242 g/mol. The summed E-state index contributed by atoms with van der Waals surface area (Å²) in [4.78, 5) is 23.6. The lowest BCUT2D eigenvalue weighted by atomic mass is 10.1. The Bertz CT molecular complexity index is 635. The van der Waals surface area contributed by atoms with Crippen LogP contribution < -0.4 is 10.6 Å². The second-order valence-corrected chi connectivity index (χ2v) is 4.26. The Hall–Kier alpha value is -2.36. The Morgan fingerprint density at radius 3 is 2.33 bits per heavy atom. The summed E-state index contributed by atoms with van der Waals surface area (Å²) in [5.74, 6) is -1.68. The fraction of sp³-hybridized carbons (Fsp3) is 0.143. The van der Waals surface area contributed by atoms with Crippen molar-refractivity contribution in [3.63, 3.8) is 0 Å². The molecule has 0 heterocycles. The van der Waals surface area contributed by atoms with Crippen LogP contribution in [0.25, 0.3) is 10.8 Å². The van der Waals surface area contributed by atoms with Crippen LogP contribution in [0.4, 0.5) is 5.69 Å². The molecule has 4 heteroatoms. The van der Waals surface area contributed by atoms with Crippen molar-refractivity contribution >= 4 is 28.3 Å². The highest BCUT2D eigenvalue weighted by Gasteiger charge is 2.16. The number of nitrogens with zero attached hydrogens (tertiary/aromatic N) is 1. The van der Waals surface area contributed by atoms with Gasteiger partial charge in [0.1, 0.15) is 0 Å². The number of hydrogen-bond donors (Lipinski definition) is 1. The molecule has 4 nitrogen and oxygen atoms in total. The first-order valence-corrected chi connectivity index (χ1v) is 5.57. The van der Waals surface area contributed by atoms with E-state index in [1.54, 1.807) is 6.07 Å². The number of likely N-dealkylation sites (N-methyl/N-ethyl adjacent to an activating group) is 1. The number of benzene rings is 2. The number of hydrogen-bond acceptors (Lipinski definition) is 2. The van der Waals surface area contributed by atoms with Gasteiger partial charge in [-0.2, -0.15) is 0 Å². The van der Waals surface area contributed by atoms with E-state index in [1.165, 1.54) is 17.5 Å². The van der Waals surface area contributed by atoms with E-state index >= 15 is 0 Å². The summed E-state index contributed by atoms with van der Waals surface area (Å²) < 4.78 is 0. The molecule has 0 fully saturated rings. The van der Waals surface area contributed by atoms with Gasteiger partial charge in [0.05, 0.1) is 0 Å². The number of aryl methyl sites for hydroxylation is 1. The number of carbonyl (C=O) groups excluding carboxylic acids is 2. The SMILES string of the molecule is Cc1ccc2cc(N(C)C(=O)C(N)=O)ccc2c1. The molecular formula is C14H14N2O2. The van der Waals surface area contributed by atoms with Gasteiger partial charge in [-0.3, -0.25) is 9.59 Å². The minimum atomic E-state index is -0.957. The molecule has 0 atom stereocenters. The van der Waals surface area contributed by atoms with Crippen molar-refractivity contribution in [2.75, 3.05) is 11.9 Å². The predicted octanol–water partition coefficient (Wildman–Crippen LogP) is 1.60. The molecule has 0 radical (unpaired) electrons. The molecule has 0 aliphatic carbocycles. The van der Waals surface area contributed by atoms with Crippen LogP contribution in [-0.2, 0) is 9.59 Å². The van der Waals surface area contributed by atoms with Crippen LogP contribution in [0.2, 0.25) is 0 Å². The molecule has 2 aromatic rings. The summed E-state index contributed by atoms with van der Waals surface area (Å²) in [6.07, 6.45) is 0. The smallest absolute Gasteiger partial charge is 0.315 e. The quantitative estimate of drug-likeness (QED) is 0.772. The molecule has 2 amide bonds. The molecule has 0 bridgehead atoms. The Labute approximate surface area is 105 Å². The van der Waals surface area contributed by atoms with Crippen molar-refractivity contribution in [3.8, 4) is 0 Å². The highest BCUT2D eigenvalue weighted by atomic mass is 16.2. The molecule has 0 aliphatic heterocycles. The van der Waals surface area contributed by atoms with E-state index in [0.717, 1.165) is 10.8 Å². The summed E-state index contributed by atoms with van der Waals surface area (Å²) >= 11 is 0. The standard InChI is InChI=1S/C14H14N2O2/c1-9-3-4-11-8-12(6-5-10(11)7-9)16(2)14(18)13(15)17/h3-8H,1-2H3,(H2,15,17). The van der Waals surface area contributed by atoms with Gasteiger partial charge in [-0.1, -0.05) is 29.8 Å². The van der Waals surface area contributed by atoms with Crippen LogP contribution in [0.3, 0.4) is 0 Å². The number of amides is 2. The highest BCUT2D eigenvalue weighted by Crippen LogP contribution is 2.22. The summed E-state index contributed by atoms with van der Waals surface area (Å²) in [7, 11) is 1.53. The highest BCUT2D eigenvalue weighted by molar-refractivity contribution is 6.39. The zero-order valence-electron chi connectivity index (χ0n) is 10.3. The molecule has 0 spiro atoms. The van der Waals surface area contributed by atoms with Crippen LogP contribution in [0, 0.1) is 6.92 Å². The first-order chi connectivity index (χ1) is 8.49. The number of carbonyl (C=O) groups is 2.